The molecule has 1 aliphatic carbocycles. The second kappa shape index (κ2) is 5.59. The van der Waals surface area contributed by atoms with Crippen molar-refractivity contribution in [3.63, 3.8) is 0 Å². The van der Waals surface area contributed by atoms with Gasteiger partial charge in [0.2, 0.25) is 0 Å². The Kier molecular flexibility index (Phi) is 3.95. The van der Waals surface area contributed by atoms with Crippen LogP contribution in [0.3, 0.4) is 0 Å². The van der Waals surface area contributed by atoms with Gasteiger partial charge in [0.15, 0.2) is 5.60 Å². The van der Waals surface area contributed by atoms with E-state index in [2.05, 4.69) is 0 Å². The van der Waals surface area contributed by atoms with E-state index in [1.54, 1.807) is 12.1 Å². The van der Waals surface area contributed by atoms with Crippen molar-refractivity contribution in [3.05, 3.63) is 69.2 Å². The van der Waals surface area contributed by atoms with Crippen molar-refractivity contribution in [2.24, 2.45) is 5.73 Å². The number of halogens is 2. The Balaban J connectivity index is 2.21. The van der Waals surface area contributed by atoms with Gasteiger partial charge in [0.05, 0.1) is 10.0 Å². The summed E-state index contributed by atoms with van der Waals surface area (Å²) < 4.78 is 0. The molecule has 1 aliphatic rings. The second-order valence-electron chi connectivity index (χ2n) is 5.28. The maximum atomic E-state index is 9.67. The lowest BCUT2D eigenvalue weighted by atomic mass is 9.73. The number of benzene rings is 2. The van der Waals surface area contributed by atoms with E-state index in [0.717, 1.165) is 16.7 Å². The van der Waals surface area contributed by atoms with Crippen LogP contribution in [0.25, 0.3) is 0 Å². The summed E-state index contributed by atoms with van der Waals surface area (Å²) in [7, 11) is 0. The fourth-order valence-electron chi connectivity index (χ4n) is 3.03. The van der Waals surface area contributed by atoms with Gasteiger partial charge < -0.3 is 5.73 Å². The zero-order valence-electron chi connectivity index (χ0n) is 11.2. The average Bonchev–Trinajstić information content (AvgIpc) is 2.51. The molecule has 0 saturated heterocycles. The normalized spacial score (nSPS) is 24.7. The van der Waals surface area contributed by atoms with Gasteiger partial charge in [0.25, 0.3) is 0 Å². The third-order valence-corrected chi connectivity index (χ3v) is 4.88. The maximum Gasteiger partial charge on any atom is 0.154 e. The van der Waals surface area contributed by atoms with Crippen LogP contribution in [0.4, 0.5) is 0 Å². The first kappa shape index (κ1) is 14.8. The third kappa shape index (κ3) is 2.35. The molecule has 0 aliphatic heterocycles. The smallest absolute Gasteiger partial charge is 0.154 e. The van der Waals surface area contributed by atoms with Gasteiger partial charge in [-0.1, -0.05) is 53.5 Å². The minimum absolute atomic E-state index is 0.0627. The standard InChI is InChI=1S/C16H15Cl2NO2/c17-13-6-5-10(9-14(13)18)16(21-20)8-7-15(19)11-3-1-2-4-12(11)16/h1-6,9,15,20H,7-8,19H2/t15-,16?/m1/s1. The van der Waals surface area contributed by atoms with Gasteiger partial charge in [0, 0.05) is 6.04 Å². The van der Waals surface area contributed by atoms with Gasteiger partial charge in [-0.15, -0.1) is 0 Å². The molecule has 2 aromatic rings. The summed E-state index contributed by atoms with van der Waals surface area (Å²) in [6.45, 7) is 0. The number of rotatable bonds is 2. The highest BCUT2D eigenvalue weighted by molar-refractivity contribution is 6.42. The first-order valence-electron chi connectivity index (χ1n) is 6.71. The molecule has 21 heavy (non-hydrogen) atoms. The van der Waals surface area contributed by atoms with Crippen molar-refractivity contribution in [1.29, 1.82) is 0 Å². The molecular weight excluding hydrogens is 309 g/mol. The van der Waals surface area contributed by atoms with E-state index in [1.807, 2.05) is 30.3 Å². The Morgan fingerprint density at radius 1 is 1.14 bits per heavy atom. The molecule has 5 heteroatoms. The molecule has 0 aromatic heterocycles. The number of fused-ring (bicyclic) bond motifs is 1. The summed E-state index contributed by atoms with van der Waals surface area (Å²) in [4.78, 5) is 4.98. The van der Waals surface area contributed by atoms with E-state index >= 15 is 0 Å². The lowest BCUT2D eigenvalue weighted by Crippen LogP contribution is -2.37. The van der Waals surface area contributed by atoms with Crippen LogP contribution in [-0.2, 0) is 10.5 Å². The third-order valence-electron chi connectivity index (χ3n) is 4.14. The lowest BCUT2D eigenvalue weighted by molar-refractivity contribution is -0.319. The number of hydrogen-bond acceptors (Lipinski definition) is 3. The first-order valence-corrected chi connectivity index (χ1v) is 7.47. The predicted molar refractivity (Wildman–Crippen MR) is 83.6 cm³/mol. The molecule has 3 N–H and O–H groups in total. The molecule has 110 valence electrons. The molecule has 2 aromatic carbocycles. The maximum absolute atomic E-state index is 9.67. The molecule has 3 nitrogen and oxygen atoms in total. The molecule has 0 heterocycles. The van der Waals surface area contributed by atoms with E-state index in [4.69, 9.17) is 33.8 Å². The van der Waals surface area contributed by atoms with Crippen molar-refractivity contribution >= 4 is 23.2 Å². The van der Waals surface area contributed by atoms with Crippen LogP contribution >= 0.6 is 23.2 Å². The van der Waals surface area contributed by atoms with E-state index in [9.17, 15) is 5.26 Å². The topological polar surface area (TPSA) is 55.5 Å². The van der Waals surface area contributed by atoms with Crippen LogP contribution in [0.15, 0.2) is 42.5 Å². The molecule has 0 bridgehead atoms. The largest absolute Gasteiger partial charge is 0.324 e. The minimum atomic E-state index is -0.958. The van der Waals surface area contributed by atoms with Gasteiger partial charge >= 0.3 is 0 Å². The van der Waals surface area contributed by atoms with Crippen molar-refractivity contribution in [3.8, 4) is 0 Å². The molecule has 2 atom stereocenters. The van der Waals surface area contributed by atoms with Crippen LogP contribution < -0.4 is 5.73 Å². The minimum Gasteiger partial charge on any atom is -0.324 e. The van der Waals surface area contributed by atoms with Crippen molar-refractivity contribution in [1.82, 2.24) is 0 Å². The van der Waals surface area contributed by atoms with Gasteiger partial charge in [0.1, 0.15) is 0 Å². The number of hydrogen-bond donors (Lipinski definition) is 2. The highest BCUT2D eigenvalue weighted by Crippen LogP contribution is 2.46. The SMILES string of the molecule is N[C@@H]1CCC(OO)(c2ccc(Cl)c(Cl)c2)c2ccccc21. The van der Waals surface area contributed by atoms with Gasteiger partial charge in [-0.25, -0.2) is 4.89 Å². The van der Waals surface area contributed by atoms with Crippen LogP contribution in [0.2, 0.25) is 10.0 Å². The van der Waals surface area contributed by atoms with Crippen LogP contribution in [0.1, 0.15) is 35.6 Å². The van der Waals surface area contributed by atoms with E-state index in [0.29, 0.717) is 22.9 Å². The van der Waals surface area contributed by atoms with Gasteiger partial charge in [-0.3, -0.25) is 5.26 Å². The summed E-state index contributed by atoms with van der Waals surface area (Å²) >= 11 is 12.1. The van der Waals surface area contributed by atoms with E-state index < -0.39 is 5.60 Å². The average molecular weight is 324 g/mol. The Morgan fingerprint density at radius 2 is 1.90 bits per heavy atom. The van der Waals surface area contributed by atoms with E-state index in [-0.39, 0.29) is 6.04 Å². The molecule has 3 rings (SSSR count). The van der Waals surface area contributed by atoms with Gasteiger partial charge in [-0.05, 0) is 41.7 Å². The van der Waals surface area contributed by atoms with Gasteiger partial charge in [-0.2, -0.15) is 0 Å². The second-order valence-corrected chi connectivity index (χ2v) is 6.09. The summed E-state index contributed by atoms with van der Waals surface area (Å²) in [6, 6.07) is 12.9. The number of nitrogens with two attached hydrogens (primary N) is 1. The fourth-order valence-corrected chi connectivity index (χ4v) is 3.33. The first-order chi connectivity index (χ1) is 10.1. The zero-order valence-corrected chi connectivity index (χ0v) is 12.7. The quantitative estimate of drug-likeness (QED) is 0.631. The lowest BCUT2D eigenvalue weighted by Gasteiger charge is -2.39. The molecule has 0 saturated carbocycles. The molecule has 0 radical (unpaired) electrons. The Bertz CT molecular complexity index is 677. The Hall–Kier alpha value is -1.10. The summed E-state index contributed by atoms with van der Waals surface area (Å²) in [5.74, 6) is 0. The molecule has 1 unspecified atom stereocenters. The van der Waals surface area contributed by atoms with Crippen LogP contribution in [-0.4, -0.2) is 5.26 Å². The van der Waals surface area contributed by atoms with Crippen LogP contribution in [0.5, 0.6) is 0 Å². The molecular formula is C16H15Cl2NO2. The highest BCUT2D eigenvalue weighted by atomic mass is 35.5. The Labute approximate surface area is 133 Å². The summed E-state index contributed by atoms with van der Waals surface area (Å²) in [5.41, 5.74) is 7.82. The Morgan fingerprint density at radius 3 is 2.62 bits per heavy atom. The fraction of sp³-hybridized carbons (Fsp3) is 0.250. The van der Waals surface area contributed by atoms with Crippen molar-refractivity contribution < 1.29 is 10.1 Å². The predicted octanol–water partition coefficient (Wildman–Crippen LogP) is 4.52. The highest BCUT2D eigenvalue weighted by Gasteiger charge is 2.42. The monoisotopic (exact) mass is 323 g/mol. The molecule has 0 spiro atoms. The van der Waals surface area contributed by atoms with Crippen molar-refractivity contribution in [2.75, 3.05) is 0 Å². The summed E-state index contributed by atoms with van der Waals surface area (Å²) in [6.07, 6.45) is 1.28. The molecule has 0 fully saturated rings. The summed E-state index contributed by atoms with van der Waals surface area (Å²) in [5, 5.41) is 10.6. The van der Waals surface area contributed by atoms with Crippen LogP contribution in [0, 0.1) is 0 Å². The molecule has 0 amide bonds. The van der Waals surface area contributed by atoms with Crippen molar-refractivity contribution in [2.45, 2.75) is 24.5 Å². The zero-order chi connectivity index (χ0) is 15.0. The van der Waals surface area contributed by atoms with E-state index in [1.165, 1.54) is 0 Å².